The Morgan fingerprint density at radius 3 is 1.63 bits per heavy atom. The smallest absolute Gasteiger partial charge is 0.338 e. The number of ether oxygens (including phenoxy) is 3. The average Bonchev–Trinajstić information content (AvgIpc) is 2.86. The fraction of sp³-hybridized carbons (Fsp3) is 0.600. The summed E-state index contributed by atoms with van der Waals surface area (Å²) in [6.07, 6.45) is 2.26. The van der Waals surface area contributed by atoms with Gasteiger partial charge >= 0.3 is 23.9 Å². The van der Waals surface area contributed by atoms with Crippen LogP contribution in [0, 0.1) is 17.8 Å². The number of phenols is 2. The first-order chi connectivity index (χ1) is 16.4. The Balaban J connectivity index is 0. The lowest BCUT2D eigenvalue weighted by molar-refractivity contribution is -0.149. The van der Waals surface area contributed by atoms with Crippen molar-refractivity contribution in [2.24, 2.45) is 17.8 Å². The van der Waals surface area contributed by atoms with E-state index in [2.05, 4.69) is 4.74 Å². The van der Waals surface area contributed by atoms with E-state index in [0.717, 1.165) is 18.9 Å². The molecule has 0 saturated carbocycles. The molecule has 10 nitrogen and oxygen atoms in total. The summed E-state index contributed by atoms with van der Waals surface area (Å²) in [5, 5.41) is 26.6. The molecule has 0 spiro atoms. The molecular weight excluding hydrogens is 460 g/mol. The van der Waals surface area contributed by atoms with E-state index < -0.39 is 17.7 Å². The van der Waals surface area contributed by atoms with E-state index in [1.165, 1.54) is 19.2 Å². The Morgan fingerprint density at radius 2 is 1.26 bits per heavy atom. The number of benzene rings is 1. The van der Waals surface area contributed by atoms with Crippen molar-refractivity contribution in [3.63, 3.8) is 0 Å². The standard InChI is InChI=1S/C14H18O6.C6H12O2.C5H10O2/c1-3-9(2)13(17)19-6-7-20-14(18)10-4-5-11(15)12(16)8-10;1-4-5(2)6(7)8-3;1-3-4(2)5(6)7/h4-5,8-9,15-16H,3,6-7H2,1-2H3;5H,4H2,1-3H3;4H,3H2,1-2H3,(H,6,7). The molecule has 0 aliphatic rings. The Morgan fingerprint density at radius 1 is 0.771 bits per heavy atom. The normalized spacial score (nSPS) is 12.3. The van der Waals surface area contributed by atoms with Gasteiger partial charge in [0, 0.05) is 0 Å². The third kappa shape index (κ3) is 15.3. The number of esters is 3. The predicted octanol–water partition coefficient (Wildman–Crippen LogP) is 4.17. The predicted molar refractivity (Wildman–Crippen MR) is 129 cm³/mol. The van der Waals surface area contributed by atoms with Crippen molar-refractivity contribution in [2.45, 2.75) is 60.8 Å². The van der Waals surface area contributed by atoms with Crippen molar-refractivity contribution in [1.82, 2.24) is 0 Å². The number of aliphatic carboxylic acids is 1. The minimum absolute atomic E-state index is 0.0149. The molecule has 0 fully saturated rings. The maximum Gasteiger partial charge on any atom is 0.338 e. The van der Waals surface area contributed by atoms with Crippen LogP contribution in [0.2, 0.25) is 0 Å². The number of carboxylic acids is 1. The zero-order valence-electron chi connectivity index (χ0n) is 21.7. The molecule has 0 aliphatic heterocycles. The van der Waals surface area contributed by atoms with Gasteiger partial charge in [0.1, 0.15) is 13.2 Å². The molecule has 1 aromatic carbocycles. The molecule has 10 heteroatoms. The van der Waals surface area contributed by atoms with Gasteiger partial charge in [-0.1, -0.05) is 41.5 Å². The first-order valence-electron chi connectivity index (χ1n) is 11.5. The van der Waals surface area contributed by atoms with Crippen LogP contribution in [0.25, 0.3) is 0 Å². The first kappa shape index (κ1) is 33.9. The number of phenolic OH excluding ortho intramolecular Hbond substituents is 2. The number of aromatic hydroxyl groups is 2. The van der Waals surface area contributed by atoms with Crippen molar-refractivity contribution < 1.29 is 48.7 Å². The molecule has 3 N–H and O–H groups in total. The fourth-order valence-electron chi connectivity index (χ4n) is 1.86. The monoisotopic (exact) mass is 500 g/mol. The lowest BCUT2D eigenvalue weighted by Gasteiger charge is -2.09. The van der Waals surface area contributed by atoms with E-state index in [-0.39, 0.29) is 54.2 Å². The topological polar surface area (TPSA) is 157 Å². The van der Waals surface area contributed by atoms with E-state index in [0.29, 0.717) is 6.42 Å². The van der Waals surface area contributed by atoms with Crippen LogP contribution in [0.4, 0.5) is 0 Å². The summed E-state index contributed by atoms with van der Waals surface area (Å²) < 4.78 is 14.3. The summed E-state index contributed by atoms with van der Waals surface area (Å²) in [4.78, 5) is 43.4. The van der Waals surface area contributed by atoms with Gasteiger partial charge in [-0.15, -0.1) is 0 Å². The van der Waals surface area contributed by atoms with Crippen molar-refractivity contribution in [1.29, 1.82) is 0 Å². The summed E-state index contributed by atoms with van der Waals surface area (Å²) in [5.41, 5.74) is 0.105. The van der Waals surface area contributed by atoms with Gasteiger partial charge in [0.2, 0.25) is 0 Å². The van der Waals surface area contributed by atoms with E-state index in [1.807, 2.05) is 27.7 Å². The number of hydrogen-bond acceptors (Lipinski definition) is 9. The molecule has 0 amide bonds. The highest BCUT2D eigenvalue weighted by Gasteiger charge is 2.13. The molecule has 0 radical (unpaired) electrons. The zero-order valence-corrected chi connectivity index (χ0v) is 21.7. The first-order valence-corrected chi connectivity index (χ1v) is 11.5. The molecule has 3 unspecified atom stereocenters. The quantitative estimate of drug-likeness (QED) is 0.184. The SMILES string of the molecule is CCC(C)C(=O)O.CCC(C)C(=O)OC.CCC(C)C(=O)OCCOC(=O)c1ccc(O)c(O)c1. The highest BCUT2D eigenvalue weighted by Crippen LogP contribution is 2.25. The Labute approximate surface area is 207 Å². The largest absolute Gasteiger partial charge is 0.504 e. The van der Waals surface area contributed by atoms with Gasteiger partial charge in [0.25, 0.3) is 0 Å². The van der Waals surface area contributed by atoms with Crippen molar-refractivity contribution in [2.75, 3.05) is 20.3 Å². The third-order valence-electron chi connectivity index (χ3n) is 5.04. The summed E-state index contributed by atoms with van der Waals surface area (Å²) in [6.45, 7) is 10.9. The number of methoxy groups -OCH3 is 1. The average molecular weight is 501 g/mol. The van der Waals surface area contributed by atoms with Gasteiger partial charge in [0.15, 0.2) is 11.5 Å². The molecule has 0 saturated heterocycles. The van der Waals surface area contributed by atoms with Gasteiger partial charge < -0.3 is 29.5 Å². The van der Waals surface area contributed by atoms with Gasteiger partial charge in [0.05, 0.1) is 30.4 Å². The molecule has 0 bridgehead atoms. The Bertz CT molecular complexity index is 790. The van der Waals surface area contributed by atoms with Crippen LogP contribution in [0.5, 0.6) is 11.5 Å². The number of carboxylic acid groups (broad SMARTS) is 1. The third-order valence-corrected chi connectivity index (χ3v) is 5.04. The summed E-state index contributed by atoms with van der Waals surface area (Å²) >= 11 is 0. The summed E-state index contributed by atoms with van der Waals surface area (Å²) in [7, 11) is 1.41. The van der Waals surface area contributed by atoms with Gasteiger partial charge in [-0.3, -0.25) is 14.4 Å². The molecule has 3 atom stereocenters. The van der Waals surface area contributed by atoms with Gasteiger partial charge in [-0.2, -0.15) is 0 Å². The molecule has 1 aromatic rings. The van der Waals surface area contributed by atoms with E-state index >= 15 is 0 Å². The van der Waals surface area contributed by atoms with E-state index in [4.69, 9.17) is 19.7 Å². The second kappa shape index (κ2) is 19.1. The molecule has 200 valence electrons. The summed E-state index contributed by atoms with van der Waals surface area (Å²) in [5.74, 6) is -2.84. The lowest BCUT2D eigenvalue weighted by Crippen LogP contribution is -2.18. The van der Waals surface area contributed by atoms with Gasteiger partial charge in [-0.05, 0) is 37.5 Å². The van der Waals surface area contributed by atoms with Crippen LogP contribution in [-0.2, 0) is 28.6 Å². The van der Waals surface area contributed by atoms with E-state index in [1.54, 1.807) is 13.8 Å². The molecule has 0 aliphatic carbocycles. The minimum Gasteiger partial charge on any atom is -0.504 e. The highest BCUT2D eigenvalue weighted by atomic mass is 16.6. The maximum absolute atomic E-state index is 11.6. The van der Waals surface area contributed by atoms with Crippen LogP contribution in [0.1, 0.15) is 71.2 Å². The second-order valence-corrected chi connectivity index (χ2v) is 7.80. The lowest BCUT2D eigenvalue weighted by atomic mass is 10.1. The molecule has 0 heterocycles. The minimum atomic E-state index is -0.706. The molecule has 0 aromatic heterocycles. The Kier molecular flexibility index (Phi) is 18.4. The molecule has 35 heavy (non-hydrogen) atoms. The summed E-state index contributed by atoms with van der Waals surface area (Å²) in [6, 6.07) is 3.61. The van der Waals surface area contributed by atoms with Crippen LogP contribution in [-0.4, -0.2) is 59.5 Å². The fourth-order valence-corrected chi connectivity index (χ4v) is 1.86. The van der Waals surface area contributed by atoms with Crippen LogP contribution in [0.15, 0.2) is 18.2 Å². The molecule has 1 rings (SSSR count). The zero-order chi connectivity index (χ0) is 27.6. The van der Waals surface area contributed by atoms with Gasteiger partial charge in [-0.25, -0.2) is 4.79 Å². The van der Waals surface area contributed by atoms with Crippen molar-refractivity contribution in [3.8, 4) is 11.5 Å². The second-order valence-electron chi connectivity index (χ2n) is 7.80. The highest BCUT2D eigenvalue weighted by molar-refractivity contribution is 5.90. The number of carbonyl (C=O) groups excluding carboxylic acids is 3. The number of rotatable bonds is 10. The van der Waals surface area contributed by atoms with Crippen molar-refractivity contribution in [3.05, 3.63) is 23.8 Å². The molecular formula is C25H40O10. The van der Waals surface area contributed by atoms with Crippen LogP contribution < -0.4 is 0 Å². The van der Waals surface area contributed by atoms with Crippen molar-refractivity contribution >= 4 is 23.9 Å². The maximum atomic E-state index is 11.6. The number of hydrogen-bond donors (Lipinski definition) is 3. The number of carbonyl (C=O) groups is 4. The Hall–Kier alpha value is -3.30. The van der Waals surface area contributed by atoms with Crippen LogP contribution >= 0.6 is 0 Å². The van der Waals surface area contributed by atoms with E-state index in [9.17, 15) is 24.3 Å². The van der Waals surface area contributed by atoms with Crippen LogP contribution in [0.3, 0.4) is 0 Å².